The van der Waals surface area contributed by atoms with Crippen LogP contribution in [0.5, 0.6) is 5.75 Å². The molecular weight excluding hydrogens is 294 g/mol. The smallest absolute Gasteiger partial charge is 0.261 e. The summed E-state index contributed by atoms with van der Waals surface area (Å²) in [5.74, 6) is 0.900. The zero-order valence-corrected chi connectivity index (χ0v) is 12.7. The van der Waals surface area contributed by atoms with E-state index in [1.807, 2.05) is 0 Å². The lowest BCUT2D eigenvalue weighted by Gasteiger charge is -2.17. The van der Waals surface area contributed by atoms with Crippen molar-refractivity contribution in [3.8, 4) is 5.75 Å². The molecule has 0 spiro atoms. The predicted molar refractivity (Wildman–Crippen MR) is 76.9 cm³/mol. The van der Waals surface area contributed by atoms with Crippen LogP contribution in [0.3, 0.4) is 0 Å². The highest BCUT2D eigenvalue weighted by Gasteiger charge is 2.20. The summed E-state index contributed by atoms with van der Waals surface area (Å²) in [6.07, 6.45) is -0.644. The van der Waals surface area contributed by atoms with E-state index in [9.17, 15) is 4.79 Å². The number of hydrogen-bond donors (Lipinski definition) is 1. The number of hydrogen-bond acceptors (Lipinski definition) is 5. The van der Waals surface area contributed by atoms with Crippen LogP contribution in [0.1, 0.15) is 25.7 Å². The lowest BCUT2D eigenvalue weighted by molar-refractivity contribution is -0.128. The Kier molecular flexibility index (Phi) is 4.74. The van der Waals surface area contributed by atoms with E-state index >= 15 is 0 Å². The Morgan fingerprint density at radius 3 is 2.57 bits per heavy atom. The van der Waals surface area contributed by atoms with Crippen molar-refractivity contribution >= 4 is 17.5 Å². The average Bonchev–Trinajstić information content (AvgIpc) is 2.87. The molecule has 0 aliphatic heterocycles. The molecule has 1 heterocycles. The second kappa shape index (κ2) is 6.53. The number of ether oxygens (including phenoxy) is 1. The fraction of sp³-hybridized carbons (Fsp3) is 0.385. The topological polar surface area (TPSA) is 81.9 Å². The van der Waals surface area contributed by atoms with Crippen LogP contribution in [0.2, 0.25) is 5.02 Å². The van der Waals surface area contributed by atoms with E-state index in [4.69, 9.17) is 16.3 Å². The minimum atomic E-state index is -0.644. The summed E-state index contributed by atoms with van der Waals surface area (Å²) in [7, 11) is 1.71. The first-order valence-corrected chi connectivity index (χ1v) is 6.80. The van der Waals surface area contributed by atoms with Gasteiger partial charge >= 0.3 is 0 Å². The molecule has 2 aromatic rings. The van der Waals surface area contributed by atoms with Gasteiger partial charge in [0.15, 0.2) is 11.9 Å². The number of tetrazole rings is 1. The molecule has 8 heteroatoms. The number of rotatable bonds is 5. The molecule has 0 fully saturated rings. The molecule has 0 aliphatic rings. The van der Waals surface area contributed by atoms with Gasteiger partial charge in [0.2, 0.25) is 0 Å². The Labute approximate surface area is 127 Å². The fourth-order valence-corrected chi connectivity index (χ4v) is 1.90. The van der Waals surface area contributed by atoms with Crippen molar-refractivity contribution in [1.29, 1.82) is 0 Å². The minimum Gasteiger partial charge on any atom is -0.481 e. The maximum atomic E-state index is 12.1. The monoisotopic (exact) mass is 309 g/mol. The molecule has 2 atom stereocenters. The molecular formula is C13H16ClN5O2. The van der Waals surface area contributed by atoms with Crippen LogP contribution in [0, 0.1) is 0 Å². The van der Waals surface area contributed by atoms with Crippen LogP contribution in [0.4, 0.5) is 0 Å². The third-order valence-electron chi connectivity index (χ3n) is 2.89. The number of benzene rings is 1. The van der Waals surface area contributed by atoms with Crippen molar-refractivity contribution in [3.05, 3.63) is 35.1 Å². The molecule has 7 nitrogen and oxygen atoms in total. The molecule has 0 saturated heterocycles. The van der Waals surface area contributed by atoms with Gasteiger partial charge in [-0.15, -0.1) is 5.10 Å². The molecule has 2 rings (SSSR count). The van der Waals surface area contributed by atoms with Gasteiger partial charge in [0.1, 0.15) is 5.75 Å². The zero-order chi connectivity index (χ0) is 15.4. The highest BCUT2D eigenvalue weighted by molar-refractivity contribution is 6.30. The maximum absolute atomic E-state index is 12.1. The lowest BCUT2D eigenvalue weighted by Crippen LogP contribution is -2.38. The van der Waals surface area contributed by atoms with Crippen molar-refractivity contribution in [3.63, 3.8) is 0 Å². The highest BCUT2D eigenvalue weighted by Crippen LogP contribution is 2.17. The van der Waals surface area contributed by atoms with Crippen molar-refractivity contribution in [1.82, 2.24) is 25.5 Å². The van der Waals surface area contributed by atoms with Gasteiger partial charge in [-0.3, -0.25) is 4.79 Å². The first kappa shape index (κ1) is 15.2. The summed E-state index contributed by atoms with van der Waals surface area (Å²) in [6.45, 7) is 3.48. The summed E-state index contributed by atoms with van der Waals surface area (Å²) in [5, 5.41) is 14.5. The van der Waals surface area contributed by atoms with Crippen LogP contribution in [-0.2, 0) is 11.8 Å². The van der Waals surface area contributed by atoms with Crippen LogP contribution in [0.15, 0.2) is 24.3 Å². The van der Waals surface area contributed by atoms with Gasteiger partial charge in [0.05, 0.1) is 6.04 Å². The minimum absolute atomic E-state index is 0.250. The van der Waals surface area contributed by atoms with Gasteiger partial charge in [0, 0.05) is 12.1 Å². The maximum Gasteiger partial charge on any atom is 0.261 e. The van der Waals surface area contributed by atoms with Crippen molar-refractivity contribution in [2.45, 2.75) is 26.0 Å². The average molecular weight is 310 g/mol. The Hall–Kier alpha value is -2.15. The van der Waals surface area contributed by atoms with Gasteiger partial charge in [0.25, 0.3) is 5.91 Å². The number of amides is 1. The van der Waals surface area contributed by atoms with E-state index < -0.39 is 6.10 Å². The lowest BCUT2D eigenvalue weighted by atomic mass is 10.2. The SMILES string of the molecule is C[C@@H](Oc1ccc(Cl)cc1)C(=O)N[C@H](C)c1nnnn1C. The summed E-state index contributed by atoms with van der Waals surface area (Å²) < 4.78 is 7.06. The Bertz CT molecular complexity index is 613. The summed E-state index contributed by atoms with van der Waals surface area (Å²) in [5.41, 5.74) is 0. The Morgan fingerprint density at radius 1 is 1.33 bits per heavy atom. The quantitative estimate of drug-likeness (QED) is 0.905. The number of aromatic nitrogens is 4. The van der Waals surface area contributed by atoms with Crippen molar-refractivity contribution in [2.75, 3.05) is 0 Å². The molecule has 0 radical (unpaired) electrons. The Morgan fingerprint density at radius 2 is 2.00 bits per heavy atom. The van der Waals surface area contributed by atoms with E-state index in [1.165, 1.54) is 4.68 Å². The van der Waals surface area contributed by atoms with Crippen molar-refractivity contribution in [2.24, 2.45) is 7.05 Å². The second-order valence-electron chi connectivity index (χ2n) is 4.60. The number of nitrogens with zero attached hydrogens (tertiary/aromatic N) is 4. The highest BCUT2D eigenvalue weighted by atomic mass is 35.5. The first-order chi connectivity index (χ1) is 9.97. The van der Waals surface area contributed by atoms with Crippen LogP contribution >= 0.6 is 11.6 Å². The van der Waals surface area contributed by atoms with Gasteiger partial charge in [-0.05, 0) is 48.5 Å². The number of aryl methyl sites for hydroxylation is 1. The van der Waals surface area contributed by atoms with Gasteiger partial charge in [-0.25, -0.2) is 4.68 Å². The molecule has 0 saturated carbocycles. The largest absolute Gasteiger partial charge is 0.481 e. The molecule has 1 amide bonds. The third kappa shape index (κ3) is 3.91. The summed E-state index contributed by atoms with van der Waals surface area (Å²) >= 11 is 5.80. The van der Waals surface area contributed by atoms with E-state index in [-0.39, 0.29) is 11.9 Å². The molecule has 1 N–H and O–H groups in total. The summed E-state index contributed by atoms with van der Waals surface area (Å²) in [6, 6.07) is 6.52. The van der Waals surface area contributed by atoms with Gasteiger partial charge in [-0.2, -0.15) is 0 Å². The molecule has 21 heavy (non-hydrogen) atoms. The predicted octanol–water partition coefficient (Wildman–Crippen LogP) is 1.51. The van der Waals surface area contributed by atoms with Crippen molar-refractivity contribution < 1.29 is 9.53 Å². The molecule has 0 unspecified atom stereocenters. The van der Waals surface area contributed by atoms with E-state index in [1.54, 1.807) is 45.2 Å². The number of carbonyl (C=O) groups is 1. The standard InChI is InChI=1S/C13H16ClN5O2/c1-8(12-16-17-18-19(12)3)15-13(20)9(2)21-11-6-4-10(14)5-7-11/h4-9H,1-3H3,(H,15,20)/t8-,9-/m1/s1. The fourth-order valence-electron chi connectivity index (χ4n) is 1.77. The molecule has 1 aromatic carbocycles. The zero-order valence-electron chi connectivity index (χ0n) is 11.9. The van der Waals surface area contributed by atoms with E-state index in [2.05, 4.69) is 20.8 Å². The van der Waals surface area contributed by atoms with Crippen LogP contribution in [-0.4, -0.2) is 32.2 Å². The molecule has 0 bridgehead atoms. The molecule has 112 valence electrons. The normalized spacial score (nSPS) is 13.5. The van der Waals surface area contributed by atoms with Crippen LogP contribution < -0.4 is 10.1 Å². The third-order valence-corrected chi connectivity index (χ3v) is 3.15. The molecule has 0 aliphatic carbocycles. The van der Waals surface area contributed by atoms with Gasteiger partial charge < -0.3 is 10.1 Å². The number of halogens is 1. The van der Waals surface area contributed by atoms with Crippen LogP contribution in [0.25, 0.3) is 0 Å². The second-order valence-corrected chi connectivity index (χ2v) is 5.04. The number of nitrogens with one attached hydrogen (secondary N) is 1. The molecule has 1 aromatic heterocycles. The Balaban J connectivity index is 1.93. The first-order valence-electron chi connectivity index (χ1n) is 6.42. The summed E-state index contributed by atoms with van der Waals surface area (Å²) in [4.78, 5) is 12.1. The van der Waals surface area contributed by atoms with E-state index in [0.717, 1.165) is 0 Å². The number of carbonyl (C=O) groups excluding carboxylic acids is 1. The van der Waals surface area contributed by atoms with E-state index in [0.29, 0.717) is 16.6 Å². The van der Waals surface area contributed by atoms with Gasteiger partial charge in [-0.1, -0.05) is 11.6 Å².